The lowest BCUT2D eigenvalue weighted by atomic mass is 10.0. The summed E-state index contributed by atoms with van der Waals surface area (Å²) in [6, 6.07) is 4.64. The predicted octanol–water partition coefficient (Wildman–Crippen LogP) is 1.71. The molecular formula is C17H22N4O2. The zero-order valence-corrected chi connectivity index (χ0v) is 13.6. The summed E-state index contributed by atoms with van der Waals surface area (Å²) in [4.78, 5) is 4.27. The molecule has 3 heterocycles. The molecule has 6 heteroatoms. The van der Waals surface area contributed by atoms with E-state index in [1.54, 1.807) is 13.4 Å². The number of nitrogens with one attached hydrogen (secondary N) is 1. The second-order valence-corrected chi connectivity index (χ2v) is 6.38. The van der Waals surface area contributed by atoms with E-state index in [2.05, 4.69) is 34.5 Å². The number of ether oxygens (including phenoxy) is 2. The van der Waals surface area contributed by atoms with Crippen molar-refractivity contribution in [1.82, 2.24) is 20.1 Å². The van der Waals surface area contributed by atoms with E-state index >= 15 is 0 Å². The first-order valence-electron chi connectivity index (χ1n) is 8.19. The third-order valence-corrected chi connectivity index (χ3v) is 4.69. The summed E-state index contributed by atoms with van der Waals surface area (Å²) in [7, 11) is 1.73. The van der Waals surface area contributed by atoms with E-state index in [1.165, 1.54) is 5.56 Å². The van der Waals surface area contributed by atoms with E-state index < -0.39 is 0 Å². The smallest absolute Gasteiger partial charge is 0.138 e. The van der Waals surface area contributed by atoms with Crippen LogP contribution in [0.4, 0.5) is 0 Å². The largest absolute Gasteiger partial charge is 0.496 e. The van der Waals surface area contributed by atoms with E-state index in [0.717, 1.165) is 55.2 Å². The monoisotopic (exact) mass is 314 g/mol. The number of aromatic nitrogens is 3. The van der Waals surface area contributed by atoms with Gasteiger partial charge in [-0.1, -0.05) is 0 Å². The fraction of sp³-hybridized carbons (Fsp3) is 0.529. The molecule has 2 aromatic rings. The van der Waals surface area contributed by atoms with Crippen LogP contribution in [0.15, 0.2) is 18.5 Å². The maximum Gasteiger partial charge on any atom is 0.138 e. The molecule has 23 heavy (non-hydrogen) atoms. The highest BCUT2D eigenvalue weighted by molar-refractivity contribution is 5.48. The van der Waals surface area contributed by atoms with Crippen molar-refractivity contribution in [2.24, 2.45) is 0 Å². The maximum atomic E-state index is 5.87. The summed E-state index contributed by atoms with van der Waals surface area (Å²) in [6.07, 6.45) is 4.90. The Labute approximate surface area is 135 Å². The van der Waals surface area contributed by atoms with Gasteiger partial charge in [0.2, 0.25) is 0 Å². The second-order valence-electron chi connectivity index (χ2n) is 6.38. The first-order chi connectivity index (χ1) is 11.2. The third-order valence-electron chi connectivity index (χ3n) is 4.69. The Morgan fingerprint density at radius 1 is 1.43 bits per heavy atom. The normalized spacial score (nSPS) is 22.3. The summed E-state index contributed by atoms with van der Waals surface area (Å²) in [5.41, 5.74) is 2.38. The molecule has 1 N–H and O–H groups in total. The van der Waals surface area contributed by atoms with Gasteiger partial charge in [0.15, 0.2) is 0 Å². The number of methoxy groups -OCH3 is 1. The van der Waals surface area contributed by atoms with Crippen LogP contribution in [0.5, 0.6) is 11.5 Å². The van der Waals surface area contributed by atoms with Gasteiger partial charge in [-0.25, -0.2) is 9.67 Å². The molecule has 0 unspecified atom stereocenters. The average molecular weight is 314 g/mol. The van der Waals surface area contributed by atoms with Crippen LogP contribution >= 0.6 is 0 Å². The molecule has 0 saturated carbocycles. The van der Waals surface area contributed by atoms with Crippen molar-refractivity contribution in [3.8, 4) is 11.5 Å². The number of benzene rings is 1. The lowest BCUT2D eigenvalue weighted by Gasteiger charge is -2.24. The van der Waals surface area contributed by atoms with Crippen molar-refractivity contribution in [3.63, 3.8) is 0 Å². The van der Waals surface area contributed by atoms with E-state index in [-0.39, 0.29) is 6.10 Å². The number of rotatable bonds is 4. The van der Waals surface area contributed by atoms with E-state index in [1.807, 2.05) is 4.68 Å². The van der Waals surface area contributed by atoms with Gasteiger partial charge in [0, 0.05) is 36.6 Å². The van der Waals surface area contributed by atoms with Gasteiger partial charge in [-0.2, -0.15) is 5.10 Å². The molecule has 0 saturated heterocycles. The molecule has 0 bridgehead atoms. The minimum absolute atomic E-state index is 0.252. The highest BCUT2D eigenvalue weighted by Crippen LogP contribution is 2.35. The van der Waals surface area contributed by atoms with Crippen molar-refractivity contribution in [3.05, 3.63) is 35.4 Å². The molecule has 2 aliphatic heterocycles. The second kappa shape index (κ2) is 5.85. The SMILES string of the molecule is COc1cc2c(cc1CN[C@H]1CCc3ncnn3C1)O[C@H](C)C2. The first-order valence-corrected chi connectivity index (χ1v) is 8.19. The van der Waals surface area contributed by atoms with E-state index in [9.17, 15) is 0 Å². The van der Waals surface area contributed by atoms with Gasteiger partial charge in [-0.3, -0.25) is 0 Å². The highest BCUT2D eigenvalue weighted by Gasteiger charge is 2.23. The Hall–Kier alpha value is -2.08. The van der Waals surface area contributed by atoms with Gasteiger partial charge >= 0.3 is 0 Å². The molecule has 2 aliphatic rings. The summed E-state index contributed by atoms with van der Waals surface area (Å²) in [5.74, 6) is 3.02. The Kier molecular flexibility index (Phi) is 3.69. The Morgan fingerprint density at radius 2 is 2.35 bits per heavy atom. The lowest BCUT2D eigenvalue weighted by Crippen LogP contribution is -2.37. The standard InChI is InChI=1S/C17H22N4O2/c1-11-5-12-6-15(22-2)13(7-16(12)23-11)8-18-14-3-4-17-19-10-20-21(17)9-14/h6-7,10-11,14,18H,3-5,8-9H2,1-2H3/t11-,14+/m1/s1. The maximum absolute atomic E-state index is 5.87. The predicted molar refractivity (Wildman–Crippen MR) is 85.8 cm³/mol. The number of nitrogens with zero attached hydrogens (tertiary/aromatic N) is 3. The molecular weight excluding hydrogens is 292 g/mol. The zero-order chi connectivity index (χ0) is 15.8. The van der Waals surface area contributed by atoms with Crippen LogP contribution in [-0.2, 0) is 25.9 Å². The molecule has 0 spiro atoms. The molecule has 4 rings (SSSR count). The minimum atomic E-state index is 0.252. The van der Waals surface area contributed by atoms with Crippen molar-refractivity contribution in [2.45, 2.75) is 51.4 Å². The fourth-order valence-electron chi connectivity index (χ4n) is 3.47. The molecule has 6 nitrogen and oxygen atoms in total. The topological polar surface area (TPSA) is 61.2 Å². The first kappa shape index (κ1) is 14.5. The lowest BCUT2D eigenvalue weighted by molar-refractivity contribution is 0.254. The highest BCUT2D eigenvalue weighted by atomic mass is 16.5. The minimum Gasteiger partial charge on any atom is -0.496 e. The number of fused-ring (bicyclic) bond motifs is 2. The molecule has 0 radical (unpaired) electrons. The van der Waals surface area contributed by atoms with Crippen molar-refractivity contribution in [2.75, 3.05) is 7.11 Å². The number of hydrogen-bond donors (Lipinski definition) is 1. The Balaban J connectivity index is 1.46. The van der Waals surface area contributed by atoms with Crippen LogP contribution in [0.25, 0.3) is 0 Å². The van der Waals surface area contributed by atoms with Crippen LogP contribution in [0.1, 0.15) is 30.3 Å². The van der Waals surface area contributed by atoms with E-state index in [4.69, 9.17) is 9.47 Å². The molecule has 0 amide bonds. The Morgan fingerprint density at radius 3 is 3.22 bits per heavy atom. The van der Waals surface area contributed by atoms with Gasteiger partial charge in [-0.15, -0.1) is 0 Å². The summed E-state index contributed by atoms with van der Waals surface area (Å²) < 4.78 is 13.4. The Bertz CT molecular complexity index is 713. The quantitative estimate of drug-likeness (QED) is 0.931. The van der Waals surface area contributed by atoms with Gasteiger partial charge < -0.3 is 14.8 Å². The van der Waals surface area contributed by atoms with Crippen LogP contribution < -0.4 is 14.8 Å². The van der Waals surface area contributed by atoms with Crippen LogP contribution in [-0.4, -0.2) is 34.0 Å². The molecule has 1 aromatic carbocycles. The fourth-order valence-corrected chi connectivity index (χ4v) is 3.47. The molecule has 0 aliphatic carbocycles. The number of aryl methyl sites for hydroxylation is 1. The molecule has 0 fully saturated rings. The van der Waals surface area contributed by atoms with Gasteiger partial charge in [0.05, 0.1) is 13.7 Å². The average Bonchev–Trinajstić information content (AvgIpc) is 3.15. The van der Waals surface area contributed by atoms with Crippen LogP contribution in [0, 0.1) is 0 Å². The van der Waals surface area contributed by atoms with Gasteiger partial charge in [0.1, 0.15) is 29.8 Å². The molecule has 1 aromatic heterocycles. The summed E-state index contributed by atoms with van der Waals surface area (Å²) in [6.45, 7) is 3.74. The van der Waals surface area contributed by atoms with Crippen molar-refractivity contribution < 1.29 is 9.47 Å². The van der Waals surface area contributed by atoms with Crippen molar-refractivity contribution >= 4 is 0 Å². The summed E-state index contributed by atoms with van der Waals surface area (Å²) >= 11 is 0. The number of hydrogen-bond acceptors (Lipinski definition) is 5. The molecule has 122 valence electrons. The third kappa shape index (κ3) is 2.79. The summed E-state index contributed by atoms with van der Waals surface area (Å²) in [5, 5.41) is 7.89. The van der Waals surface area contributed by atoms with Crippen LogP contribution in [0.2, 0.25) is 0 Å². The van der Waals surface area contributed by atoms with E-state index in [0.29, 0.717) is 6.04 Å². The molecule has 2 atom stereocenters. The van der Waals surface area contributed by atoms with Crippen molar-refractivity contribution in [1.29, 1.82) is 0 Å². The van der Waals surface area contributed by atoms with Crippen LogP contribution in [0.3, 0.4) is 0 Å². The van der Waals surface area contributed by atoms with Gasteiger partial charge in [-0.05, 0) is 25.5 Å². The zero-order valence-electron chi connectivity index (χ0n) is 13.6. The van der Waals surface area contributed by atoms with Gasteiger partial charge in [0.25, 0.3) is 0 Å².